The molecule has 2 aromatic rings. The highest BCUT2D eigenvalue weighted by Gasteiger charge is 2.38. The van der Waals surface area contributed by atoms with Crippen molar-refractivity contribution in [1.82, 2.24) is 14.2 Å². The van der Waals surface area contributed by atoms with E-state index in [0.29, 0.717) is 43.8 Å². The molecule has 31 heavy (non-hydrogen) atoms. The van der Waals surface area contributed by atoms with E-state index < -0.39 is 21.4 Å². The maximum absolute atomic E-state index is 13.2. The Hall–Kier alpha value is -2.78. The molecule has 1 aromatic carbocycles. The third-order valence-corrected chi connectivity index (χ3v) is 8.09. The normalized spacial score (nSPS) is 17.4. The van der Waals surface area contributed by atoms with E-state index in [0.717, 1.165) is 11.1 Å². The lowest BCUT2D eigenvalue weighted by atomic mass is 10.1. The van der Waals surface area contributed by atoms with Gasteiger partial charge in [0.2, 0.25) is 15.8 Å². The van der Waals surface area contributed by atoms with Gasteiger partial charge in [-0.1, -0.05) is 30.3 Å². The molecular weight excluding hydrogens is 418 g/mol. The van der Waals surface area contributed by atoms with Gasteiger partial charge in [0.05, 0.1) is 11.9 Å². The second-order valence-corrected chi connectivity index (χ2v) is 9.94. The summed E-state index contributed by atoms with van der Waals surface area (Å²) in [5, 5.41) is -0.536. The van der Waals surface area contributed by atoms with E-state index >= 15 is 0 Å². The molecule has 9 heteroatoms. The average molecular weight is 444 g/mol. The molecule has 0 spiro atoms. The molecule has 1 amide bonds. The number of rotatable bonds is 5. The number of nitrogens with zero attached hydrogens (tertiary/aromatic N) is 3. The number of carbonyl (C=O) groups is 2. The van der Waals surface area contributed by atoms with Crippen molar-refractivity contribution in [1.29, 1.82) is 0 Å². The van der Waals surface area contributed by atoms with Crippen LogP contribution in [0.3, 0.4) is 0 Å². The van der Waals surface area contributed by atoms with Crippen molar-refractivity contribution < 1.29 is 22.7 Å². The van der Waals surface area contributed by atoms with E-state index in [1.54, 1.807) is 48.4 Å². The molecule has 2 aliphatic rings. The van der Waals surface area contributed by atoms with Crippen LogP contribution in [0, 0.1) is 0 Å². The van der Waals surface area contributed by atoms with Crippen molar-refractivity contribution in [3.8, 4) is 0 Å². The molecule has 164 valence electrons. The Balaban J connectivity index is 1.44. The van der Waals surface area contributed by atoms with Gasteiger partial charge in [-0.25, -0.2) is 13.2 Å². The SMILES string of the molecule is CCOC(=O)N1CCC(S(=O)(=O)N2Cc3cnc(C(=O)c4ccccc4)cc3C2)CC1. The lowest BCUT2D eigenvalue weighted by Gasteiger charge is -2.32. The van der Waals surface area contributed by atoms with Crippen molar-refractivity contribution in [3.63, 3.8) is 0 Å². The van der Waals surface area contributed by atoms with Gasteiger partial charge in [-0.2, -0.15) is 4.31 Å². The van der Waals surface area contributed by atoms with Crippen LogP contribution in [0.25, 0.3) is 0 Å². The number of ketones is 1. The molecule has 0 aliphatic carbocycles. The second-order valence-electron chi connectivity index (χ2n) is 7.73. The summed E-state index contributed by atoms with van der Waals surface area (Å²) in [4.78, 5) is 30.4. The van der Waals surface area contributed by atoms with E-state index in [2.05, 4.69) is 4.98 Å². The Bertz CT molecular complexity index is 1080. The number of hydrogen-bond donors (Lipinski definition) is 0. The van der Waals surface area contributed by atoms with Crippen LogP contribution in [0.15, 0.2) is 42.6 Å². The number of sulfonamides is 1. The number of carbonyl (C=O) groups excluding carboxylic acids is 2. The molecule has 8 nitrogen and oxygen atoms in total. The van der Waals surface area contributed by atoms with Crippen LogP contribution < -0.4 is 0 Å². The zero-order chi connectivity index (χ0) is 22.0. The monoisotopic (exact) mass is 443 g/mol. The minimum atomic E-state index is -3.53. The quantitative estimate of drug-likeness (QED) is 0.659. The Labute approximate surface area is 181 Å². The largest absolute Gasteiger partial charge is 0.450 e. The Morgan fingerprint density at radius 1 is 1.10 bits per heavy atom. The summed E-state index contributed by atoms with van der Waals surface area (Å²) < 4.78 is 32.9. The van der Waals surface area contributed by atoms with Gasteiger partial charge in [0.15, 0.2) is 0 Å². The summed E-state index contributed by atoms with van der Waals surface area (Å²) in [6.45, 7) is 3.25. The predicted molar refractivity (Wildman–Crippen MR) is 114 cm³/mol. The van der Waals surface area contributed by atoms with Crippen LogP contribution in [0.4, 0.5) is 4.79 Å². The third kappa shape index (κ3) is 4.33. The summed E-state index contributed by atoms with van der Waals surface area (Å²) in [5.74, 6) is -0.184. The van der Waals surface area contributed by atoms with E-state index in [4.69, 9.17) is 4.74 Å². The van der Waals surface area contributed by atoms with Crippen LogP contribution in [0.5, 0.6) is 0 Å². The van der Waals surface area contributed by atoms with Crippen molar-refractivity contribution in [2.45, 2.75) is 38.1 Å². The minimum Gasteiger partial charge on any atom is -0.450 e. The Morgan fingerprint density at radius 2 is 1.77 bits per heavy atom. The van der Waals surface area contributed by atoms with Gasteiger partial charge in [0.1, 0.15) is 5.69 Å². The molecule has 1 fully saturated rings. The molecule has 0 saturated carbocycles. The number of piperidine rings is 1. The molecule has 3 heterocycles. The number of benzene rings is 1. The van der Waals surface area contributed by atoms with Crippen molar-refractivity contribution >= 4 is 21.9 Å². The van der Waals surface area contributed by atoms with Crippen LogP contribution in [-0.4, -0.2) is 59.4 Å². The minimum absolute atomic E-state index is 0.184. The highest BCUT2D eigenvalue weighted by atomic mass is 32.2. The summed E-state index contributed by atoms with van der Waals surface area (Å²) in [7, 11) is -3.53. The third-order valence-electron chi connectivity index (χ3n) is 5.79. The highest BCUT2D eigenvalue weighted by Crippen LogP contribution is 2.30. The number of amides is 1. The lowest BCUT2D eigenvalue weighted by Crippen LogP contribution is -2.45. The molecule has 4 rings (SSSR count). The van der Waals surface area contributed by atoms with Gasteiger partial charge in [0, 0.05) is 37.9 Å². The summed E-state index contributed by atoms with van der Waals surface area (Å²) >= 11 is 0. The molecule has 1 saturated heterocycles. The van der Waals surface area contributed by atoms with Gasteiger partial charge in [-0.15, -0.1) is 0 Å². The van der Waals surface area contributed by atoms with Crippen molar-refractivity contribution in [2.24, 2.45) is 0 Å². The van der Waals surface area contributed by atoms with E-state index in [1.807, 2.05) is 6.07 Å². The lowest BCUT2D eigenvalue weighted by molar-refractivity contribution is 0.0996. The average Bonchev–Trinajstić information content (AvgIpc) is 3.24. The first kappa shape index (κ1) is 21.5. The number of aromatic nitrogens is 1. The maximum Gasteiger partial charge on any atom is 0.409 e. The van der Waals surface area contributed by atoms with Crippen LogP contribution in [0.2, 0.25) is 0 Å². The van der Waals surface area contributed by atoms with Crippen LogP contribution in [0.1, 0.15) is 46.9 Å². The van der Waals surface area contributed by atoms with E-state index in [-0.39, 0.29) is 18.9 Å². The van der Waals surface area contributed by atoms with E-state index in [1.165, 1.54) is 4.31 Å². The fourth-order valence-electron chi connectivity index (χ4n) is 4.05. The Morgan fingerprint density at radius 3 is 2.45 bits per heavy atom. The maximum atomic E-state index is 13.2. The molecule has 0 unspecified atom stereocenters. The highest BCUT2D eigenvalue weighted by molar-refractivity contribution is 7.89. The molecule has 1 aromatic heterocycles. The molecule has 2 aliphatic heterocycles. The number of ether oxygens (including phenoxy) is 1. The predicted octanol–water partition coefficient (Wildman–Crippen LogP) is 2.58. The van der Waals surface area contributed by atoms with Gasteiger partial charge >= 0.3 is 6.09 Å². The standard InChI is InChI=1S/C22H25N3O5S/c1-2-30-22(27)24-10-8-19(9-11-24)31(28,29)25-14-17-12-20(23-13-18(17)15-25)21(26)16-6-4-3-5-7-16/h3-7,12-13,19H,2,8-11,14-15H2,1H3. The topological polar surface area (TPSA) is 96.9 Å². The van der Waals surface area contributed by atoms with Gasteiger partial charge in [0.25, 0.3) is 0 Å². The molecule has 0 N–H and O–H groups in total. The van der Waals surface area contributed by atoms with Crippen molar-refractivity contribution in [2.75, 3.05) is 19.7 Å². The smallest absolute Gasteiger partial charge is 0.409 e. The van der Waals surface area contributed by atoms with Gasteiger partial charge < -0.3 is 9.64 Å². The fourth-order valence-corrected chi connectivity index (χ4v) is 5.92. The Kier molecular flexibility index (Phi) is 6.06. The second kappa shape index (κ2) is 8.76. The summed E-state index contributed by atoms with van der Waals surface area (Å²) in [5.41, 5.74) is 2.48. The van der Waals surface area contributed by atoms with Crippen LogP contribution >= 0.6 is 0 Å². The number of likely N-dealkylation sites (tertiary alicyclic amines) is 1. The zero-order valence-corrected chi connectivity index (χ0v) is 18.2. The summed E-state index contributed by atoms with van der Waals surface area (Å²) in [6.07, 6.45) is 1.96. The number of fused-ring (bicyclic) bond motifs is 1. The first-order chi connectivity index (χ1) is 14.9. The van der Waals surface area contributed by atoms with E-state index in [9.17, 15) is 18.0 Å². The molecule has 0 atom stereocenters. The fraction of sp³-hybridized carbons (Fsp3) is 0.409. The first-order valence-electron chi connectivity index (χ1n) is 10.4. The molecular formula is C22H25N3O5S. The number of pyridine rings is 1. The summed E-state index contributed by atoms with van der Waals surface area (Å²) in [6, 6.07) is 10.6. The van der Waals surface area contributed by atoms with Crippen molar-refractivity contribution in [3.05, 3.63) is 65.0 Å². The first-order valence-corrected chi connectivity index (χ1v) is 11.9. The molecule has 0 radical (unpaired) electrons. The molecule has 0 bridgehead atoms. The van der Waals surface area contributed by atoms with Gasteiger partial charge in [-0.05, 0) is 37.0 Å². The van der Waals surface area contributed by atoms with Crippen LogP contribution in [-0.2, 0) is 27.8 Å². The zero-order valence-electron chi connectivity index (χ0n) is 17.4. The number of hydrogen-bond acceptors (Lipinski definition) is 6. The van der Waals surface area contributed by atoms with Gasteiger partial charge in [-0.3, -0.25) is 9.78 Å².